The second-order valence-corrected chi connectivity index (χ2v) is 7.82. The summed E-state index contributed by atoms with van der Waals surface area (Å²) in [4.78, 5) is 67.1. The van der Waals surface area contributed by atoms with Crippen molar-refractivity contribution in [3.05, 3.63) is 11.9 Å². The van der Waals surface area contributed by atoms with E-state index in [4.69, 9.17) is 15.3 Å². The van der Waals surface area contributed by atoms with Gasteiger partial charge in [0.25, 0.3) is 0 Å². The molecule has 0 bridgehead atoms. The highest BCUT2D eigenvalue weighted by Crippen LogP contribution is 2.06. The molecule has 0 radical (unpaired) electrons. The normalized spacial score (nSPS) is 12.2. The molecule has 2 atom stereocenters. The van der Waals surface area contributed by atoms with E-state index in [-0.39, 0.29) is 25.2 Å². The molecular weight excluding hydrogens is 484 g/mol. The summed E-state index contributed by atoms with van der Waals surface area (Å²) < 4.78 is 1.55. The average molecular weight is 514 g/mol. The van der Waals surface area contributed by atoms with E-state index in [1.54, 1.807) is 10.9 Å². The van der Waals surface area contributed by atoms with Crippen molar-refractivity contribution in [3.63, 3.8) is 0 Å². The van der Waals surface area contributed by atoms with Crippen LogP contribution in [0.1, 0.15) is 50.6 Å². The zero-order valence-electron chi connectivity index (χ0n) is 19.4. The van der Waals surface area contributed by atoms with Gasteiger partial charge in [0.05, 0.1) is 5.69 Å². The third-order valence-corrected chi connectivity index (χ3v) is 4.84. The van der Waals surface area contributed by atoms with Crippen molar-refractivity contribution in [2.45, 2.75) is 70.0 Å². The zero-order valence-corrected chi connectivity index (χ0v) is 19.4. The topological polar surface area (TPSA) is 250 Å². The fraction of sp³-hybridized carbons (Fsp3) is 0.600. The maximum absolute atomic E-state index is 12.0. The van der Waals surface area contributed by atoms with Crippen LogP contribution < -0.4 is 16.0 Å². The molecule has 1 aromatic rings. The summed E-state index contributed by atoms with van der Waals surface area (Å²) in [6, 6.07) is -3.79. The first-order valence-electron chi connectivity index (χ1n) is 11.1. The Labute approximate surface area is 205 Å². The molecule has 0 fully saturated rings. The monoisotopic (exact) mass is 514 g/mol. The molecule has 0 aliphatic heterocycles. The lowest BCUT2D eigenvalue weighted by Crippen LogP contribution is -2.51. The maximum atomic E-state index is 12.0. The Hall–Kier alpha value is -4.24. The SMILES string of the molecule is O=C(O)CCC(NC(=O)NC(CCCCn1cc(CCCC(=O)NCC(=O)O)nn1)C(=O)O)C(=O)O. The number of hydrogen-bond donors (Lipinski definition) is 7. The summed E-state index contributed by atoms with van der Waals surface area (Å²) in [5.41, 5.74) is 0.638. The summed E-state index contributed by atoms with van der Waals surface area (Å²) >= 11 is 0. The van der Waals surface area contributed by atoms with E-state index in [0.717, 1.165) is 0 Å². The molecule has 1 aromatic heterocycles. The highest BCUT2D eigenvalue weighted by atomic mass is 16.4. The minimum absolute atomic E-state index is 0.0582. The van der Waals surface area contributed by atoms with Crippen molar-refractivity contribution in [1.82, 2.24) is 30.9 Å². The van der Waals surface area contributed by atoms with Crippen LogP contribution in [0.4, 0.5) is 4.79 Å². The molecule has 0 aliphatic carbocycles. The number of aromatic nitrogens is 3. The van der Waals surface area contributed by atoms with Gasteiger partial charge in [0, 0.05) is 25.6 Å². The highest BCUT2D eigenvalue weighted by Gasteiger charge is 2.24. The predicted octanol–water partition coefficient (Wildman–Crippen LogP) is -0.958. The molecule has 36 heavy (non-hydrogen) atoms. The Kier molecular flexibility index (Phi) is 12.9. The quantitative estimate of drug-likeness (QED) is 0.117. The molecule has 0 aromatic carbocycles. The van der Waals surface area contributed by atoms with Gasteiger partial charge < -0.3 is 36.4 Å². The summed E-state index contributed by atoms with van der Waals surface area (Å²) in [5, 5.41) is 50.0. The molecule has 1 rings (SSSR count). The second-order valence-electron chi connectivity index (χ2n) is 7.82. The van der Waals surface area contributed by atoms with Gasteiger partial charge in [-0.2, -0.15) is 0 Å². The van der Waals surface area contributed by atoms with E-state index in [9.17, 15) is 33.9 Å². The number of amides is 3. The number of rotatable bonds is 18. The first kappa shape index (κ1) is 29.8. The van der Waals surface area contributed by atoms with Gasteiger partial charge in [0.2, 0.25) is 5.91 Å². The van der Waals surface area contributed by atoms with Crippen LogP contribution in [0, 0.1) is 0 Å². The Morgan fingerprint density at radius 2 is 1.47 bits per heavy atom. The lowest BCUT2D eigenvalue weighted by Gasteiger charge is -2.18. The van der Waals surface area contributed by atoms with Crippen molar-refractivity contribution >= 4 is 35.8 Å². The largest absolute Gasteiger partial charge is 0.481 e. The van der Waals surface area contributed by atoms with Gasteiger partial charge in [-0.15, -0.1) is 5.10 Å². The molecule has 0 spiro atoms. The Balaban J connectivity index is 2.38. The van der Waals surface area contributed by atoms with E-state index in [1.807, 2.05) is 0 Å². The van der Waals surface area contributed by atoms with Crippen LogP contribution in [0.15, 0.2) is 6.20 Å². The number of nitrogens with one attached hydrogen (secondary N) is 3. The smallest absolute Gasteiger partial charge is 0.326 e. The molecule has 200 valence electrons. The molecular formula is C20H30N6O10. The van der Waals surface area contributed by atoms with Gasteiger partial charge in [0.1, 0.15) is 18.6 Å². The number of urea groups is 1. The first-order valence-corrected chi connectivity index (χ1v) is 11.1. The van der Waals surface area contributed by atoms with Gasteiger partial charge >= 0.3 is 29.9 Å². The van der Waals surface area contributed by atoms with Gasteiger partial charge in [-0.05, 0) is 38.5 Å². The van der Waals surface area contributed by atoms with Crippen LogP contribution in [0.2, 0.25) is 0 Å². The van der Waals surface area contributed by atoms with E-state index >= 15 is 0 Å². The van der Waals surface area contributed by atoms with Gasteiger partial charge in [-0.25, -0.2) is 14.4 Å². The summed E-state index contributed by atoms with van der Waals surface area (Å²) in [7, 11) is 0. The number of nitrogens with zero attached hydrogens (tertiary/aromatic N) is 3. The molecule has 1 heterocycles. The Bertz CT molecular complexity index is 934. The molecule has 16 heteroatoms. The molecule has 2 unspecified atom stereocenters. The van der Waals surface area contributed by atoms with E-state index in [0.29, 0.717) is 37.9 Å². The number of hydrogen-bond acceptors (Lipinski definition) is 8. The minimum atomic E-state index is -1.48. The maximum Gasteiger partial charge on any atom is 0.326 e. The van der Waals surface area contributed by atoms with Crippen molar-refractivity contribution in [1.29, 1.82) is 0 Å². The average Bonchev–Trinajstić information content (AvgIpc) is 3.24. The standard InChI is InChI=1S/C20H30N6O10/c27-15(21-10-17(30)31)6-3-4-12-11-26(25-24-12)9-2-1-5-13(18(32)33)22-20(36)23-14(19(34)35)7-8-16(28)29/h11,13-14H,1-10H2,(H,21,27)(H,28,29)(H,30,31)(H,32,33)(H,34,35)(H2,22,23,36). The number of unbranched alkanes of at least 4 members (excludes halogenated alkanes) is 1. The molecule has 16 nitrogen and oxygen atoms in total. The van der Waals surface area contributed by atoms with Crippen molar-refractivity contribution < 1.29 is 49.2 Å². The molecule has 0 saturated carbocycles. The fourth-order valence-corrected chi connectivity index (χ4v) is 3.02. The Morgan fingerprint density at radius 1 is 0.833 bits per heavy atom. The lowest BCUT2D eigenvalue weighted by molar-refractivity contribution is -0.141. The molecule has 3 amide bonds. The van der Waals surface area contributed by atoms with Crippen molar-refractivity contribution in [3.8, 4) is 0 Å². The van der Waals surface area contributed by atoms with Gasteiger partial charge in [-0.3, -0.25) is 19.1 Å². The Morgan fingerprint density at radius 3 is 2.06 bits per heavy atom. The minimum Gasteiger partial charge on any atom is -0.481 e. The van der Waals surface area contributed by atoms with Crippen molar-refractivity contribution in [2.75, 3.05) is 6.54 Å². The van der Waals surface area contributed by atoms with Crippen LogP contribution in [0.25, 0.3) is 0 Å². The van der Waals surface area contributed by atoms with E-state index in [2.05, 4.69) is 26.3 Å². The number of aliphatic carboxylic acids is 4. The van der Waals surface area contributed by atoms with E-state index < -0.39 is 55.0 Å². The van der Waals surface area contributed by atoms with Crippen LogP contribution in [-0.2, 0) is 36.9 Å². The van der Waals surface area contributed by atoms with Crippen LogP contribution >= 0.6 is 0 Å². The highest BCUT2D eigenvalue weighted by molar-refractivity contribution is 5.86. The van der Waals surface area contributed by atoms with Crippen LogP contribution in [0.3, 0.4) is 0 Å². The van der Waals surface area contributed by atoms with Gasteiger partial charge in [0.15, 0.2) is 0 Å². The number of carbonyl (C=O) groups is 6. The molecule has 7 N–H and O–H groups in total. The molecule has 0 aliphatic rings. The predicted molar refractivity (Wildman–Crippen MR) is 119 cm³/mol. The van der Waals surface area contributed by atoms with Crippen molar-refractivity contribution in [2.24, 2.45) is 0 Å². The van der Waals surface area contributed by atoms with Crippen LogP contribution in [-0.4, -0.2) is 89.9 Å². The first-order chi connectivity index (χ1) is 17.0. The summed E-state index contributed by atoms with van der Waals surface area (Å²) in [5.74, 6) is -5.48. The second kappa shape index (κ2) is 15.6. The zero-order chi connectivity index (χ0) is 27.1. The summed E-state index contributed by atoms with van der Waals surface area (Å²) in [6.45, 7) is -0.0193. The fourth-order valence-electron chi connectivity index (χ4n) is 3.02. The molecule has 0 saturated heterocycles. The third-order valence-electron chi connectivity index (χ3n) is 4.84. The van der Waals surface area contributed by atoms with E-state index in [1.165, 1.54) is 0 Å². The third kappa shape index (κ3) is 12.9. The summed E-state index contributed by atoms with van der Waals surface area (Å²) in [6.07, 6.45) is 2.85. The lowest BCUT2D eigenvalue weighted by atomic mass is 10.1. The van der Waals surface area contributed by atoms with Crippen LogP contribution in [0.5, 0.6) is 0 Å². The van der Waals surface area contributed by atoms with Gasteiger partial charge in [-0.1, -0.05) is 5.21 Å². The number of aryl methyl sites for hydroxylation is 2. The number of carbonyl (C=O) groups excluding carboxylic acids is 2. The number of carboxylic acid groups (broad SMARTS) is 4. The number of carboxylic acids is 4.